The number of nitrogens with zero attached hydrogens (tertiary/aromatic N) is 3. The number of rotatable bonds is 8. The number of ether oxygens (including phenoxy) is 1. The van der Waals surface area contributed by atoms with Crippen LogP contribution < -0.4 is 10.6 Å². The summed E-state index contributed by atoms with van der Waals surface area (Å²) >= 11 is 12.1. The normalized spacial score (nSPS) is 17.0. The number of aryl methyl sites for hydroxylation is 1. The van der Waals surface area contributed by atoms with E-state index in [2.05, 4.69) is 25.7 Å². The Labute approximate surface area is 184 Å². The summed E-state index contributed by atoms with van der Waals surface area (Å²) in [5, 5.41) is 9.91. The fraction of sp³-hybridized carbons (Fsp3) is 0.474. The number of hydrogen-bond donors (Lipinski definition) is 2. The van der Waals surface area contributed by atoms with Crippen molar-refractivity contribution >= 4 is 35.0 Å². The fourth-order valence-corrected chi connectivity index (χ4v) is 3.36. The minimum absolute atomic E-state index is 0.0504. The number of benzene rings is 1. The van der Waals surface area contributed by atoms with Crippen molar-refractivity contribution in [1.82, 2.24) is 25.7 Å². The molecule has 1 aromatic heterocycles. The summed E-state index contributed by atoms with van der Waals surface area (Å²) in [5.74, 6) is -0.398. The van der Waals surface area contributed by atoms with Crippen molar-refractivity contribution < 1.29 is 18.8 Å². The first-order chi connectivity index (χ1) is 14.4. The highest BCUT2D eigenvalue weighted by Gasteiger charge is 2.21. The molecular weight excluding hydrogens is 433 g/mol. The molecule has 2 N–H and O–H groups in total. The third kappa shape index (κ3) is 6.40. The van der Waals surface area contributed by atoms with Gasteiger partial charge in [0.05, 0.1) is 22.8 Å². The van der Waals surface area contributed by atoms with Crippen LogP contribution >= 0.6 is 23.2 Å². The summed E-state index contributed by atoms with van der Waals surface area (Å²) < 4.78 is 10.7. The van der Waals surface area contributed by atoms with E-state index in [-0.39, 0.29) is 36.6 Å². The molecule has 0 bridgehead atoms. The molecule has 1 aliphatic heterocycles. The maximum atomic E-state index is 12.1. The zero-order valence-corrected chi connectivity index (χ0v) is 18.0. The Balaban J connectivity index is 1.40. The van der Waals surface area contributed by atoms with Crippen molar-refractivity contribution in [3.8, 4) is 0 Å². The lowest BCUT2D eigenvalue weighted by atomic mass is 10.2. The summed E-state index contributed by atoms with van der Waals surface area (Å²) in [7, 11) is 1.48. The van der Waals surface area contributed by atoms with Gasteiger partial charge in [-0.05, 0) is 17.7 Å². The van der Waals surface area contributed by atoms with E-state index in [1.54, 1.807) is 6.07 Å². The fourth-order valence-electron chi connectivity index (χ4n) is 3.04. The van der Waals surface area contributed by atoms with Gasteiger partial charge in [-0.25, -0.2) is 0 Å². The molecule has 30 heavy (non-hydrogen) atoms. The molecule has 1 aromatic carbocycles. The van der Waals surface area contributed by atoms with Gasteiger partial charge >= 0.3 is 0 Å². The number of carbonyl (C=O) groups excluding carboxylic acids is 2. The van der Waals surface area contributed by atoms with E-state index in [0.717, 1.165) is 18.7 Å². The van der Waals surface area contributed by atoms with Gasteiger partial charge in [-0.15, -0.1) is 0 Å². The van der Waals surface area contributed by atoms with Crippen LogP contribution in [0.1, 0.15) is 28.5 Å². The lowest BCUT2D eigenvalue weighted by molar-refractivity contribution is -0.122. The van der Waals surface area contributed by atoms with Crippen molar-refractivity contribution in [2.75, 3.05) is 33.3 Å². The van der Waals surface area contributed by atoms with Crippen LogP contribution in [-0.4, -0.2) is 66.2 Å². The highest BCUT2D eigenvalue weighted by molar-refractivity contribution is 6.42. The molecule has 0 unspecified atom stereocenters. The minimum Gasteiger partial charge on any atom is -0.374 e. The molecule has 3 rings (SSSR count). The Morgan fingerprint density at radius 2 is 2.13 bits per heavy atom. The van der Waals surface area contributed by atoms with E-state index in [1.165, 1.54) is 7.05 Å². The predicted octanol–water partition coefficient (Wildman–Crippen LogP) is 1.69. The maximum absolute atomic E-state index is 12.1. The number of hydrogen-bond acceptors (Lipinski definition) is 7. The summed E-state index contributed by atoms with van der Waals surface area (Å²) in [6, 6.07) is 5.61. The van der Waals surface area contributed by atoms with Gasteiger partial charge in [0.2, 0.25) is 11.8 Å². The second kappa shape index (κ2) is 10.7. The van der Waals surface area contributed by atoms with Gasteiger partial charge in [0, 0.05) is 46.1 Å². The van der Waals surface area contributed by atoms with E-state index in [1.807, 2.05) is 12.1 Å². The van der Waals surface area contributed by atoms with Crippen LogP contribution in [0.3, 0.4) is 0 Å². The second-order valence-corrected chi connectivity index (χ2v) is 7.69. The molecule has 1 saturated heterocycles. The molecule has 0 aliphatic carbocycles. The van der Waals surface area contributed by atoms with Gasteiger partial charge < -0.3 is 19.9 Å². The lowest BCUT2D eigenvalue weighted by Gasteiger charge is -2.33. The van der Waals surface area contributed by atoms with E-state index < -0.39 is 5.91 Å². The smallest absolute Gasteiger partial charge is 0.292 e. The number of nitrogens with one attached hydrogen (secondary N) is 2. The van der Waals surface area contributed by atoms with Gasteiger partial charge in [0.25, 0.3) is 11.7 Å². The highest BCUT2D eigenvalue weighted by Crippen LogP contribution is 2.23. The highest BCUT2D eigenvalue weighted by atomic mass is 35.5. The first-order valence-electron chi connectivity index (χ1n) is 9.54. The molecule has 0 radical (unpaired) electrons. The van der Waals surface area contributed by atoms with Crippen LogP contribution in [0.15, 0.2) is 22.7 Å². The number of halogens is 2. The Bertz CT molecular complexity index is 892. The van der Waals surface area contributed by atoms with Crippen LogP contribution in [0, 0.1) is 0 Å². The van der Waals surface area contributed by atoms with Gasteiger partial charge in [-0.2, -0.15) is 4.98 Å². The summed E-state index contributed by atoms with van der Waals surface area (Å²) in [6.45, 7) is 3.22. The predicted molar refractivity (Wildman–Crippen MR) is 110 cm³/mol. The third-order valence-corrected chi connectivity index (χ3v) is 5.34. The zero-order valence-electron chi connectivity index (χ0n) is 16.5. The first kappa shape index (κ1) is 22.5. The molecule has 11 heteroatoms. The Morgan fingerprint density at radius 1 is 1.30 bits per heavy atom. The summed E-state index contributed by atoms with van der Waals surface area (Å²) in [4.78, 5) is 29.7. The van der Waals surface area contributed by atoms with Crippen LogP contribution in [0.5, 0.6) is 0 Å². The summed E-state index contributed by atoms with van der Waals surface area (Å²) in [5.41, 5.74) is 1.07. The van der Waals surface area contributed by atoms with Gasteiger partial charge in [-0.1, -0.05) is 34.4 Å². The average Bonchev–Trinajstić information content (AvgIpc) is 3.22. The van der Waals surface area contributed by atoms with Crippen molar-refractivity contribution in [3.05, 3.63) is 45.5 Å². The van der Waals surface area contributed by atoms with Crippen molar-refractivity contribution in [2.45, 2.75) is 25.5 Å². The van der Waals surface area contributed by atoms with Crippen molar-refractivity contribution in [1.29, 1.82) is 0 Å². The van der Waals surface area contributed by atoms with E-state index in [4.69, 9.17) is 32.5 Å². The topological polar surface area (TPSA) is 110 Å². The van der Waals surface area contributed by atoms with Crippen LogP contribution in [-0.2, 0) is 22.5 Å². The molecular formula is C19H23Cl2N5O4. The van der Waals surface area contributed by atoms with E-state index >= 15 is 0 Å². The minimum atomic E-state index is -0.436. The lowest BCUT2D eigenvalue weighted by Crippen LogP contribution is -2.47. The molecule has 0 spiro atoms. The SMILES string of the molecule is CNC(=O)c1noc(CCC(=O)NC[C@H]2CN(Cc3ccc(Cl)c(Cl)c3)CCO2)n1. The standard InChI is InChI=1S/C19H23Cl2N5O4/c1-22-19(28)18-24-17(30-25-18)5-4-16(27)23-9-13-11-26(6-7-29-13)10-12-2-3-14(20)15(21)8-12/h2-3,8,13H,4-7,9-11H2,1H3,(H,22,28)(H,23,27)/t13-/m0/s1. The first-order valence-corrected chi connectivity index (χ1v) is 10.3. The average molecular weight is 456 g/mol. The molecule has 1 aliphatic rings. The van der Waals surface area contributed by atoms with Gasteiger partial charge in [-0.3, -0.25) is 14.5 Å². The molecule has 2 amide bonds. The number of carbonyl (C=O) groups is 2. The summed E-state index contributed by atoms with van der Waals surface area (Å²) in [6.07, 6.45) is 0.327. The van der Waals surface area contributed by atoms with Crippen molar-refractivity contribution in [3.63, 3.8) is 0 Å². The second-order valence-electron chi connectivity index (χ2n) is 6.87. The quantitative estimate of drug-likeness (QED) is 0.622. The number of aromatic nitrogens is 2. The van der Waals surface area contributed by atoms with Gasteiger partial charge in [0.15, 0.2) is 0 Å². The zero-order chi connectivity index (χ0) is 21.5. The molecule has 162 valence electrons. The molecule has 2 aromatic rings. The number of morpholine rings is 1. The van der Waals surface area contributed by atoms with E-state index in [0.29, 0.717) is 29.7 Å². The molecule has 9 nitrogen and oxygen atoms in total. The monoisotopic (exact) mass is 455 g/mol. The molecule has 0 saturated carbocycles. The Hall–Kier alpha value is -2.20. The largest absolute Gasteiger partial charge is 0.374 e. The maximum Gasteiger partial charge on any atom is 0.292 e. The molecule has 2 heterocycles. The van der Waals surface area contributed by atoms with Crippen LogP contribution in [0.4, 0.5) is 0 Å². The van der Waals surface area contributed by atoms with Crippen molar-refractivity contribution in [2.24, 2.45) is 0 Å². The van der Waals surface area contributed by atoms with E-state index in [9.17, 15) is 9.59 Å². The molecule has 1 fully saturated rings. The molecule has 1 atom stereocenters. The van der Waals surface area contributed by atoms with Crippen LogP contribution in [0.25, 0.3) is 0 Å². The number of amides is 2. The van der Waals surface area contributed by atoms with Gasteiger partial charge in [0.1, 0.15) is 0 Å². The Kier molecular flexibility index (Phi) is 8.03. The third-order valence-electron chi connectivity index (χ3n) is 4.60. The van der Waals surface area contributed by atoms with Crippen LogP contribution in [0.2, 0.25) is 10.0 Å². The Morgan fingerprint density at radius 3 is 2.90 bits per heavy atom.